The molecule has 2 heterocycles. The SMILES string of the molecule is COc1ccc(F)c(-c2cc(-c3c(C)noc3C)cc3[nH]c(=O)n(C)c23)c1. The summed E-state index contributed by atoms with van der Waals surface area (Å²) >= 11 is 0. The lowest BCUT2D eigenvalue weighted by molar-refractivity contribution is 0.393. The zero-order valence-corrected chi connectivity index (χ0v) is 15.4. The van der Waals surface area contributed by atoms with Crippen LogP contribution in [-0.4, -0.2) is 21.8 Å². The predicted molar refractivity (Wildman–Crippen MR) is 100 cm³/mol. The molecule has 0 radical (unpaired) electrons. The van der Waals surface area contributed by atoms with Crippen LogP contribution < -0.4 is 10.4 Å². The smallest absolute Gasteiger partial charge is 0.326 e. The minimum absolute atomic E-state index is 0.273. The van der Waals surface area contributed by atoms with E-state index in [1.165, 1.54) is 17.7 Å². The van der Waals surface area contributed by atoms with Crippen molar-refractivity contribution in [2.24, 2.45) is 7.05 Å². The van der Waals surface area contributed by atoms with E-state index in [0.29, 0.717) is 33.7 Å². The highest BCUT2D eigenvalue weighted by Crippen LogP contribution is 2.37. The second-order valence-corrected chi connectivity index (χ2v) is 6.45. The molecule has 0 aliphatic rings. The third-order valence-corrected chi connectivity index (χ3v) is 4.78. The Morgan fingerprint density at radius 2 is 1.96 bits per heavy atom. The molecule has 0 aliphatic carbocycles. The zero-order valence-electron chi connectivity index (χ0n) is 15.4. The molecule has 0 fully saturated rings. The number of H-pyrrole nitrogens is 1. The number of hydrogen-bond donors (Lipinski definition) is 1. The lowest BCUT2D eigenvalue weighted by atomic mass is 9.96. The summed E-state index contributed by atoms with van der Waals surface area (Å²) in [7, 11) is 3.18. The second-order valence-electron chi connectivity index (χ2n) is 6.45. The van der Waals surface area contributed by atoms with Crippen molar-refractivity contribution in [1.29, 1.82) is 0 Å². The van der Waals surface area contributed by atoms with E-state index < -0.39 is 5.82 Å². The molecule has 138 valence electrons. The van der Waals surface area contributed by atoms with Gasteiger partial charge in [-0.2, -0.15) is 0 Å². The highest BCUT2D eigenvalue weighted by molar-refractivity contribution is 5.97. The summed E-state index contributed by atoms with van der Waals surface area (Å²) in [6, 6.07) is 8.24. The van der Waals surface area contributed by atoms with Crippen LogP contribution in [0.2, 0.25) is 0 Å². The summed E-state index contributed by atoms with van der Waals surface area (Å²) in [5, 5.41) is 4.00. The summed E-state index contributed by atoms with van der Waals surface area (Å²) in [6.45, 7) is 3.66. The molecule has 0 atom stereocenters. The maximum Gasteiger partial charge on any atom is 0.326 e. The third kappa shape index (κ3) is 2.63. The molecule has 0 saturated heterocycles. The van der Waals surface area contributed by atoms with Gasteiger partial charge in [-0.25, -0.2) is 9.18 Å². The number of aryl methyl sites for hydroxylation is 3. The Hall–Kier alpha value is -3.35. The molecule has 0 unspecified atom stereocenters. The first-order chi connectivity index (χ1) is 12.9. The molecule has 6 nitrogen and oxygen atoms in total. The average molecular weight is 367 g/mol. The topological polar surface area (TPSA) is 73.1 Å². The Balaban J connectivity index is 2.12. The Labute approximate surface area is 154 Å². The number of rotatable bonds is 3. The van der Waals surface area contributed by atoms with Crippen molar-refractivity contribution >= 4 is 11.0 Å². The summed E-state index contributed by atoms with van der Waals surface area (Å²) in [4.78, 5) is 15.0. The summed E-state index contributed by atoms with van der Waals surface area (Å²) in [5.41, 5.74) is 4.22. The molecule has 0 amide bonds. The van der Waals surface area contributed by atoms with Crippen molar-refractivity contribution in [3.63, 3.8) is 0 Å². The van der Waals surface area contributed by atoms with Gasteiger partial charge in [-0.1, -0.05) is 5.16 Å². The van der Waals surface area contributed by atoms with Crippen molar-refractivity contribution in [3.05, 3.63) is 58.1 Å². The van der Waals surface area contributed by atoms with Gasteiger partial charge in [0.2, 0.25) is 0 Å². The van der Waals surface area contributed by atoms with Gasteiger partial charge in [0.1, 0.15) is 17.3 Å². The van der Waals surface area contributed by atoms with Crippen LogP contribution in [0.1, 0.15) is 11.5 Å². The molecule has 1 N–H and O–H groups in total. The van der Waals surface area contributed by atoms with Gasteiger partial charge in [0.25, 0.3) is 0 Å². The van der Waals surface area contributed by atoms with Crippen molar-refractivity contribution in [2.45, 2.75) is 13.8 Å². The number of methoxy groups -OCH3 is 1. The van der Waals surface area contributed by atoms with Crippen LogP contribution in [0.5, 0.6) is 5.75 Å². The lowest BCUT2D eigenvalue weighted by Crippen LogP contribution is -2.12. The van der Waals surface area contributed by atoms with Crippen LogP contribution in [-0.2, 0) is 7.05 Å². The quantitative estimate of drug-likeness (QED) is 0.595. The first kappa shape index (κ1) is 17.1. The standard InChI is InChI=1S/C20H18FN3O3/c1-10-18(11(2)27-23-10)12-7-15(14-9-13(26-4)5-6-16(14)21)19-17(8-12)22-20(25)24(19)3/h5-9H,1-4H3,(H,22,25). The third-order valence-electron chi connectivity index (χ3n) is 4.78. The van der Waals surface area contributed by atoms with Crippen LogP contribution in [0.15, 0.2) is 39.6 Å². The van der Waals surface area contributed by atoms with E-state index >= 15 is 0 Å². The van der Waals surface area contributed by atoms with E-state index in [1.54, 1.807) is 19.2 Å². The minimum atomic E-state index is -0.401. The Morgan fingerprint density at radius 1 is 1.19 bits per heavy atom. The van der Waals surface area contributed by atoms with Gasteiger partial charge in [-0.15, -0.1) is 0 Å². The zero-order chi connectivity index (χ0) is 19.3. The Morgan fingerprint density at radius 3 is 2.63 bits per heavy atom. The summed E-state index contributed by atoms with van der Waals surface area (Å²) in [5.74, 6) is 0.784. The van der Waals surface area contributed by atoms with Crippen molar-refractivity contribution in [1.82, 2.24) is 14.7 Å². The monoisotopic (exact) mass is 367 g/mol. The highest BCUT2D eigenvalue weighted by atomic mass is 19.1. The van der Waals surface area contributed by atoms with Gasteiger partial charge in [-0.05, 0) is 49.7 Å². The summed E-state index contributed by atoms with van der Waals surface area (Å²) in [6.07, 6.45) is 0. The molecule has 4 rings (SSSR count). The predicted octanol–water partition coefficient (Wildman–Crippen LogP) is 3.95. The van der Waals surface area contributed by atoms with Gasteiger partial charge in [-0.3, -0.25) is 4.57 Å². The van der Waals surface area contributed by atoms with Gasteiger partial charge in [0.05, 0.1) is 23.8 Å². The number of fused-ring (bicyclic) bond motifs is 1. The average Bonchev–Trinajstić information content (AvgIpc) is 3.13. The maximum atomic E-state index is 14.7. The van der Waals surface area contributed by atoms with Crippen molar-refractivity contribution in [2.75, 3.05) is 7.11 Å². The minimum Gasteiger partial charge on any atom is -0.497 e. The number of imidazole rings is 1. The van der Waals surface area contributed by atoms with Crippen molar-refractivity contribution in [3.8, 4) is 28.0 Å². The van der Waals surface area contributed by atoms with Crippen LogP contribution in [0, 0.1) is 19.7 Å². The number of aromatic amines is 1. The molecule has 2 aromatic heterocycles. The Bertz CT molecular complexity index is 1210. The van der Waals surface area contributed by atoms with Crippen molar-refractivity contribution < 1.29 is 13.7 Å². The van der Waals surface area contributed by atoms with E-state index in [4.69, 9.17) is 9.26 Å². The highest BCUT2D eigenvalue weighted by Gasteiger charge is 2.19. The van der Waals surface area contributed by atoms with E-state index in [0.717, 1.165) is 16.8 Å². The second kappa shape index (κ2) is 6.12. The van der Waals surface area contributed by atoms with Gasteiger partial charge < -0.3 is 14.2 Å². The number of nitrogens with zero attached hydrogens (tertiary/aromatic N) is 2. The normalized spacial score (nSPS) is 11.3. The van der Waals surface area contributed by atoms with E-state index in [9.17, 15) is 9.18 Å². The molecule has 0 aliphatic heterocycles. The molecule has 0 spiro atoms. The van der Waals surface area contributed by atoms with E-state index in [-0.39, 0.29) is 5.69 Å². The number of benzene rings is 2. The fourth-order valence-electron chi connectivity index (χ4n) is 3.47. The molecule has 0 bridgehead atoms. The number of hydrogen-bond acceptors (Lipinski definition) is 4. The number of ether oxygens (including phenoxy) is 1. The maximum absolute atomic E-state index is 14.7. The van der Waals surface area contributed by atoms with Gasteiger partial charge >= 0.3 is 5.69 Å². The van der Waals surface area contributed by atoms with Gasteiger partial charge in [0, 0.05) is 23.7 Å². The first-order valence-electron chi connectivity index (χ1n) is 8.40. The van der Waals surface area contributed by atoms with Crippen LogP contribution in [0.4, 0.5) is 4.39 Å². The molecule has 4 aromatic rings. The molecule has 7 heteroatoms. The molecule has 0 saturated carbocycles. The molecular formula is C20H18FN3O3. The molecule has 27 heavy (non-hydrogen) atoms. The van der Waals surface area contributed by atoms with Crippen LogP contribution in [0.3, 0.4) is 0 Å². The van der Waals surface area contributed by atoms with Gasteiger partial charge in [0.15, 0.2) is 0 Å². The Kier molecular flexibility index (Phi) is 3.87. The van der Waals surface area contributed by atoms with Crippen LogP contribution in [0.25, 0.3) is 33.3 Å². The number of halogens is 1. The fourth-order valence-corrected chi connectivity index (χ4v) is 3.47. The fraction of sp³-hybridized carbons (Fsp3) is 0.200. The lowest BCUT2D eigenvalue weighted by Gasteiger charge is -2.11. The molecular weight excluding hydrogens is 349 g/mol. The largest absolute Gasteiger partial charge is 0.497 e. The number of aromatic nitrogens is 3. The summed E-state index contributed by atoms with van der Waals surface area (Å²) < 4.78 is 26.7. The number of nitrogens with one attached hydrogen (secondary N) is 1. The van der Waals surface area contributed by atoms with E-state index in [1.807, 2.05) is 26.0 Å². The molecule has 2 aromatic carbocycles. The van der Waals surface area contributed by atoms with Crippen LogP contribution >= 0.6 is 0 Å². The first-order valence-corrected chi connectivity index (χ1v) is 8.40. The van der Waals surface area contributed by atoms with E-state index in [2.05, 4.69) is 10.1 Å².